The Morgan fingerprint density at radius 2 is 1.72 bits per heavy atom. The number of likely N-dealkylation sites (tertiary alicyclic amines) is 1. The number of halogens is 1. The van der Waals surface area contributed by atoms with Crippen molar-refractivity contribution in [3.63, 3.8) is 0 Å². The van der Waals surface area contributed by atoms with E-state index in [0.717, 1.165) is 19.3 Å². The molecule has 18 heavy (non-hydrogen) atoms. The number of benzene rings is 1. The van der Waals surface area contributed by atoms with Crippen LogP contribution in [0.15, 0.2) is 29.2 Å². The summed E-state index contributed by atoms with van der Waals surface area (Å²) in [4.78, 5) is 13.3. The van der Waals surface area contributed by atoms with Crippen LogP contribution in [0.2, 0.25) is 5.02 Å². The minimum atomic E-state index is -4.01. The first-order valence-electron chi connectivity index (χ1n) is 5.82. The Labute approximate surface area is 111 Å². The number of carbonyl (C=O) groups excluding carboxylic acids is 1. The Balaban J connectivity index is 2.31. The number of piperidine rings is 1. The molecule has 1 aliphatic rings. The van der Waals surface area contributed by atoms with Gasteiger partial charge in [0.2, 0.25) is 0 Å². The number of hydrogen-bond donors (Lipinski definition) is 0. The van der Waals surface area contributed by atoms with E-state index in [2.05, 4.69) is 0 Å². The van der Waals surface area contributed by atoms with Crippen LogP contribution in [-0.2, 0) is 9.84 Å². The van der Waals surface area contributed by atoms with Gasteiger partial charge in [-0.15, -0.1) is 0 Å². The third-order valence-corrected chi connectivity index (χ3v) is 5.06. The summed E-state index contributed by atoms with van der Waals surface area (Å²) in [5.74, 6) is 0. The van der Waals surface area contributed by atoms with E-state index in [-0.39, 0.29) is 9.92 Å². The van der Waals surface area contributed by atoms with Crippen LogP contribution in [-0.4, -0.2) is 31.6 Å². The van der Waals surface area contributed by atoms with Gasteiger partial charge >= 0.3 is 5.24 Å². The predicted molar refractivity (Wildman–Crippen MR) is 69.5 cm³/mol. The highest BCUT2D eigenvalue weighted by molar-refractivity contribution is 8.06. The van der Waals surface area contributed by atoms with Gasteiger partial charge in [0.1, 0.15) is 0 Å². The highest BCUT2D eigenvalue weighted by atomic mass is 35.5. The van der Waals surface area contributed by atoms with E-state index < -0.39 is 15.1 Å². The molecule has 1 saturated heterocycles. The largest absolute Gasteiger partial charge is 0.343 e. The molecule has 2 rings (SSSR count). The normalized spacial score (nSPS) is 16.6. The molecule has 0 radical (unpaired) electrons. The van der Waals surface area contributed by atoms with Crippen molar-refractivity contribution in [2.75, 3.05) is 13.1 Å². The van der Waals surface area contributed by atoms with Crippen molar-refractivity contribution in [2.45, 2.75) is 24.2 Å². The lowest BCUT2D eigenvalue weighted by Crippen LogP contribution is -2.39. The summed E-state index contributed by atoms with van der Waals surface area (Å²) in [6.07, 6.45) is 2.74. The van der Waals surface area contributed by atoms with Gasteiger partial charge in [-0.2, -0.15) is 0 Å². The number of amides is 1. The van der Waals surface area contributed by atoms with Crippen LogP contribution in [0.25, 0.3) is 0 Å². The summed E-state index contributed by atoms with van der Waals surface area (Å²) in [6.45, 7) is 1.00. The maximum absolute atomic E-state index is 12.2. The molecule has 1 aromatic carbocycles. The zero-order chi connectivity index (χ0) is 13.2. The molecule has 0 bridgehead atoms. The number of rotatable bonds is 1. The lowest BCUT2D eigenvalue weighted by atomic mass is 10.1. The van der Waals surface area contributed by atoms with Gasteiger partial charge in [0.15, 0.2) is 0 Å². The van der Waals surface area contributed by atoms with Crippen LogP contribution in [0.4, 0.5) is 4.79 Å². The number of sulfone groups is 1. The second kappa shape index (κ2) is 5.28. The lowest BCUT2D eigenvalue weighted by molar-refractivity contribution is 0.208. The quantitative estimate of drug-likeness (QED) is 0.798. The molecule has 98 valence electrons. The highest BCUT2D eigenvalue weighted by Gasteiger charge is 2.32. The average molecular weight is 288 g/mol. The van der Waals surface area contributed by atoms with Crippen molar-refractivity contribution in [1.29, 1.82) is 0 Å². The summed E-state index contributed by atoms with van der Waals surface area (Å²) < 4.78 is 24.4. The van der Waals surface area contributed by atoms with Crippen molar-refractivity contribution in [3.05, 3.63) is 29.3 Å². The van der Waals surface area contributed by atoms with Gasteiger partial charge in [-0.05, 0) is 31.4 Å². The monoisotopic (exact) mass is 287 g/mol. The van der Waals surface area contributed by atoms with Crippen LogP contribution in [0, 0.1) is 0 Å². The van der Waals surface area contributed by atoms with Crippen molar-refractivity contribution in [1.82, 2.24) is 4.90 Å². The maximum atomic E-state index is 12.2. The van der Waals surface area contributed by atoms with Crippen LogP contribution in [0.5, 0.6) is 0 Å². The molecule has 0 aromatic heterocycles. The summed E-state index contributed by atoms with van der Waals surface area (Å²) in [5, 5.41) is -0.752. The maximum Gasteiger partial charge on any atom is 0.343 e. The second-order valence-electron chi connectivity index (χ2n) is 4.25. The zero-order valence-corrected chi connectivity index (χ0v) is 11.4. The number of carbonyl (C=O) groups is 1. The van der Waals surface area contributed by atoms with Gasteiger partial charge in [-0.1, -0.05) is 23.7 Å². The fraction of sp³-hybridized carbons (Fsp3) is 0.417. The van der Waals surface area contributed by atoms with E-state index in [1.807, 2.05) is 0 Å². The van der Waals surface area contributed by atoms with E-state index in [4.69, 9.17) is 11.6 Å². The molecule has 0 unspecified atom stereocenters. The van der Waals surface area contributed by atoms with Gasteiger partial charge in [0.05, 0.1) is 9.92 Å². The molecular formula is C12H14ClNO3S. The predicted octanol–water partition coefficient (Wildman–Crippen LogP) is 2.72. The summed E-state index contributed by atoms with van der Waals surface area (Å²) in [7, 11) is -4.01. The summed E-state index contributed by atoms with van der Waals surface area (Å²) in [6, 6.07) is 6.02. The van der Waals surface area contributed by atoms with E-state index >= 15 is 0 Å². The molecule has 1 heterocycles. The Morgan fingerprint density at radius 3 is 2.33 bits per heavy atom. The SMILES string of the molecule is O=C(N1CCCCC1)S(=O)(=O)c1ccccc1Cl. The first kappa shape index (κ1) is 13.4. The average Bonchev–Trinajstić information content (AvgIpc) is 2.39. The third-order valence-electron chi connectivity index (χ3n) is 2.97. The minimum absolute atomic E-state index is 0.0860. The Hall–Kier alpha value is -1.07. The van der Waals surface area contributed by atoms with Crippen LogP contribution < -0.4 is 0 Å². The Bertz CT molecular complexity index is 550. The molecule has 1 amide bonds. The Kier molecular flexibility index (Phi) is 3.92. The molecule has 1 aromatic rings. The fourth-order valence-electron chi connectivity index (χ4n) is 2.00. The first-order chi connectivity index (χ1) is 8.53. The zero-order valence-electron chi connectivity index (χ0n) is 9.80. The fourth-order valence-corrected chi connectivity index (χ4v) is 3.74. The lowest BCUT2D eigenvalue weighted by Gasteiger charge is -2.26. The number of nitrogens with zero attached hydrogens (tertiary/aromatic N) is 1. The summed E-state index contributed by atoms with van der Waals surface area (Å²) in [5.41, 5.74) is 0. The molecule has 0 N–H and O–H groups in total. The molecule has 1 aliphatic heterocycles. The third kappa shape index (κ3) is 2.52. The topological polar surface area (TPSA) is 54.5 Å². The molecule has 6 heteroatoms. The highest BCUT2D eigenvalue weighted by Crippen LogP contribution is 2.24. The second-order valence-corrected chi connectivity index (χ2v) is 6.45. The van der Waals surface area contributed by atoms with E-state index in [0.29, 0.717) is 13.1 Å². The van der Waals surface area contributed by atoms with Crippen LogP contribution in [0.1, 0.15) is 19.3 Å². The van der Waals surface area contributed by atoms with Crippen molar-refractivity contribution >= 4 is 26.7 Å². The summed E-state index contributed by atoms with van der Waals surface area (Å²) >= 11 is 5.84. The molecule has 0 spiro atoms. The van der Waals surface area contributed by atoms with E-state index in [1.165, 1.54) is 17.0 Å². The van der Waals surface area contributed by atoms with Gasteiger partial charge in [0.25, 0.3) is 9.84 Å². The van der Waals surface area contributed by atoms with Gasteiger partial charge in [-0.25, -0.2) is 8.42 Å². The Morgan fingerprint density at radius 1 is 1.11 bits per heavy atom. The molecule has 1 fully saturated rings. The van der Waals surface area contributed by atoms with Crippen molar-refractivity contribution < 1.29 is 13.2 Å². The van der Waals surface area contributed by atoms with Crippen LogP contribution >= 0.6 is 11.6 Å². The standard InChI is InChI=1S/C12H14ClNO3S/c13-10-6-2-3-7-11(10)18(16,17)12(15)14-8-4-1-5-9-14/h2-3,6-7H,1,4-5,8-9H2. The molecule has 0 atom stereocenters. The molecular weight excluding hydrogens is 274 g/mol. The molecule has 0 saturated carbocycles. The van der Waals surface area contributed by atoms with Gasteiger partial charge in [0, 0.05) is 13.1 Å². The van der Waals surface area contributed by atoms with Crippen molar-refractivity contribution in [2.24, 2.45) is 0 Å². The minimum Gasteiger partial charge on any atom is -0.329 e. The van der Waals surface area contributed by atoms with E-state index in [1.54, 1.807) is 12.1 Å². The van der Waals surface area contributed by atoms with E-state index in [9.17, 15) is 13.2 Å². The first-order valence-corrected chi connectivity index (χ1v) is 7.68. The molecule has 4 nitrogen and oxygen atoms in total. The van der Waals surface area contributed by atoms with Gasteiger partial charge in [-0.3, -0.25) is 4.79 Å². The number of hydrogen-bond acceptors (Lipinski definition) is 3. The van der Waals surface area contributed by atoms with Crippen molar-refractivity contribution in [3.8, 4) is 0 Å². The smallest absolute Gasteiger partial charge is 0.329 e. The molecule has 0 aliphatic carbocycles. The van der Waals surface area contributed by atoms with Gasteiger partial charge < -0.3 is 4.90 Å². The van der Waals surface area contributed by atoms with Crippen LogP contribution in [0.3, 0.4) is 0 Å².